The number of halogens is 1. The molecule has 0 bridgehead atoms. The molecule has 0 spiro atoms. The van der Waals surface area contributed by atoms with E-state index in [4.69, 9.17) is 18.0 Å². The minimum absolute atomic E-state index is 0.183. The Bertz CT molecular complexity index is 713. The molecule has 2 N–H and O–H groups in total. The van der Waals surface area contributed by atoms with E-state index >= 15 is 0 Å². The Labute approximate surface area is 116 Å². The standard InChI is InChI=1S/C14H14ClN3O/c1-4-14(2,3)16-8-12-17-11-7-9(15)5-6-10(11)13(19)18-12/h1,5-7,16H,8H2,2-3H3,(H,17,18,19). The minimum Gasteiger partial charge on any atom is -0.309 e. The molecular weight excluding hydrogens is 262 g/mol. The molecule has 1 heterocycles. The van der Waals surface area contributed by atoms with Crippen molar-refractivity contribution in [2.75, 3.05) is 0 Å². The first kappa shape index (κ1) is 13.6. The lowest BCUT2D eigenvalue weighted by Gasteiger charge is -2.19. The third-order valence-electron chi connectivity index (χ3n) is 2.78. The van der Waals surface area contributed by atoms with Crippen molar-refractivity contribution in [1.82, 2.24) is 15.3 Å². The van der Waals surface area contributed by atoms with E-state index in [-0.39, 0.29) is 5.56 Å². The van der Waals surface area contributed by atoms with Crippen molar-refractivity contribution in [3.05, 3.63) is 39.4 Å². The molecule has 0 saturated carbocycles. The number of benzene rings is 1. The summed E-state index contributed by atoms with van der Waals surface area (Å²) in [5.74, 6) is 3.15. The van der Waals surface area contributed by atoms with Crippen LogP contribution in [0, 0.1) is 12.3 Å². The molecule has 0 atom stereocenters. The van der Waals surface area contributed by atoms with Gasteiger partial charge in [-0.2, -0.15) is 0 Å². The van der Waals surface area contributed by atoms with E-state index in [1.165, 1.54) is 0 Å². The number of hydrogen-bond donors (Lipinski definition) is 2. The van der Waals surface area contributed by atoms with Gasteiger partial charge in [0.15, 0.2) is 0 Å². The van der Waals surface area contributed by atoms with Gasteiger partial charge in [-0.15, -0.1) is 6.42 Å². The SMILES string of the molecule is C#CC(C)(C)NCc1nc2cc(Cl)ccc2c(=O)[nH]1. The fourth-order valence-electron chi connectivity index (χ4n) is 1.60. The molecule has 1 aromatic carbocycles. The van der Waals surface area contributed by atoms with Crippen molar-refractivity contribution < 1.29 is 0 Å². The smallest absolute Gasteiger partial charge is 0.258 e. The second kappa shape index (κ2) is 5.04. The largest absolute Gasteiger partial charge is 0.309 e. The fraction of sp³-hybridized carbons (Fsp3) is 0.286. The number of hydrogen-bond acceptors (Lipinski definition) is 3. The number of aromatic amines is 1. The molecule has 0 aliphatic rings. The molecule has 0 aliphatic carbocycles. The van der Waals surface area contributed by atoms with Gasteiger partial charge < -0.3 is 4.98 Å². The van der Waals surface area contributed by atoms with Crippen LogP contribution in [-0.2, 0) is 6.54 Å². The highest BCUT2D eigenvalue weighted by Gasteiger charge is 2.13. The molecule has 0 radical (unpaired) electrons. The van der Waals surface area contributed by atoms with E-state index in [0.717, 1.165) is 0 Å². The number of nitrogens with one attached hydrogen (secondary N) is 2. The van der Waals surface area contributed by atoms with Crippen molar-refractivity contribution in [1.29, 1.82) is 0 Å². The van der Waals surface area contributed by atoms with E-state index in [9.17, 15) is 4.79 Å². The summed E-state index contributed by atoms with van der Waals surface area (Å²) >= 11 is 5.90. The Morgan fingerprint density at radius 3 is 2.95 bits per heavy atom. The maximum Gasteiger partial charge on any atom is 0.258 e. The molecule has 98 valence electrons. The zero-order chi connectivity index (χ0) is 14.0. The first-order valence-corrected chi connectivity index (χ1v) is 6.20. The molecule has 0 fully saturated rings. The number of nitrogens with zero attached hydrogens (tertiary/aromatic N) is 1. The van der Waals surface area contributed by atoms with E-state index < -0.39 is 5.54 Å². The third-order valence-corrected chi connectivity index (χ3v) is 3.01. The van der Waals surface area contributed by atoms with Crippen LogP contribution >= 0.6 is 11.6 Å². The summed E-state index contributed by atoms with van der Waals surface area (Å²) in [4.78, 5) is 19.0. The van der Waals surface area contributed by atoms with Crippen LogP contribution in [0.25, 0.3) is 10.9 Å². The first-order valence-electron chi connectivity index (χ1n) is 5.82. The highest BCUT2D eigenvalue weighted by molar-refractivity contribution is 6.31. The number of aromatic nitrogens is 2. The summed E-state index contributed by atoms with van der Waals surface area (Å²) in [7, 11) is 0. The Morgan fingerprint density at radius 1 is 1.53 bits per heavy atom. The van der Waals surface area contributed by atoms with Gasteiger partial charge in [-0.25, -0.2) is 4.98 Å². The molecule has 0 saturated heterocycles. The second-order valence-corrected chi connectivity index (χ2v) is 5.23. The molecule has 4 nitrogen and oxygen atoms in total. The van der Waals surface area contributed by atoms with Crippen LogP contribution in [0.1, 0.15) is 19.7 Å². The van der Waals surface area contributed by atoms with Crippen molar-refractivity contribution in [3.8, 4) is 12.3 Å². The third kappa shape index (κ3) is 3.14. The number of fused-ring (bicyclic) bond motifs is 1. The van der Waals surface area contributed by atoms with Gasteiger partial charge >= 0.3 is 0 Å². The Kier molecular flexibility index (Phi) is 3.61. The summed E-state index contributed by atoms with van der Waals surface area (Å²) in [5, 5.41) is 4.20. The number of H-pyrrole nitrogens is 1. The van der Waals surface area contributed by atoms with Crippen molar-refractivity contribution in [2.45, 2.75) is 25.9 Å². The second-order valence-electron chi connectivity index (χ2n) is 4.80. The molecular formula is C14H14ClN3O. The van der Waals surface area contributed by atoms with Gasteiger partial charge in [0.2, 0.25) is 0 Å². The van der Waals surface area contributed by atoms with Gasteiger partial charge in [-0.05, 0) is 32.0 Å². The Morgan fingerprint density at radius 2 is 2.26 bits per heavy atom. The van der Waals surface area contributed by atoms with E-state index in [1.807, 2.05) is 13.8 Å². The quantitative estimate of drug-likeness (QED) is 0.843. The van der Waals surface area contributed by atoms with Gasteiger partial charge in [-0.1, -0.05) is 17.5 Å². The van der Waals surface area contributed by atoms with Gasteiger partial charge in [0, 0.05) is 5.02 Å². The molecule has 2 rings (SSSR count). The Hall–Kier alpha value is -1.83. The van der Waals surface area contributed by atoms with E-state index in [1.54, 1.807) is 18.2 Å². The van der Waals surface area contributed by atoms with Crippen LogP contribution in [-0.4, -0.2) is 15.5 Å². The highest BCUT2D eigenvalue weighted by Crippen LogP contribution is 2.14. The topological polar surface area (TPSA) is 57.8 Å². The molecule has 5 heteroatoms. The molecule has 1 aromatic heterocycles. The molecule has 0 amide bonds. The normalized spacial score (nSPS) is 11.5. The zero-order valence-electron chi connectivity index (χ0n) is 10.7. The molecule has 0 unspecified atom stereocenters. The summed E-state index contributed by atoms with van der Waals surface area (Å²) in [6.07, 6.45) is 5.39. The lowest BCUT2D eigenvalue weighted by atomic mass is 10.1. The van der Waals surface area contributed by atoms with Gasteiger partial charge in [0.05, 0.1) is 23.0 Å². The van der Waals surface area contributed by atoms with Crippen LogP contribution in [0.2, 0.25) is 5.02 Å². The molecule has 0 aliphatic heterocycles. The first-order chi connectivity index (χ1) is 8.91. The van der Waals surface area contributed by atoms with Gasteiger partial charge in [-0.3, -0.25) is 10.1 Å². The minimum atomic E-state index is -0.456. The number of terminal acetylenes is 1. The van der Waals surface area contributed by atoms with Crippen LogP contribution in [0.4, 0.5) is 0 Å². The predicted octanol–water partition coefficient (Wildman–Crippen LogP) is 2.08. The maximum absolute atomic E-state index is 11.9. The average molecular weight is 276 g/mol. The predicted molar refractivity (Wildman–Crippen MR) is 77.1 cm³/mol. The van der Waals surface area contributed by atoms with Crippen molar-refractivity contribution in [2.24, 2.45) is 0 Å². The van der Waals surface area contributed by atoms with Gasteiger partial charge in [0.1, 0.15) is 5.82 Å². The fourth-order valence-corrected chi connectivity index (χ4v) is 1.77. The monoisotopic (exact) mass is 275 g/mol. The summed E-state index contributed by atoms with van der Waals surface area (Å²) in [6.45, 7) is 4.14. The lowest BCUT2D eigenvalue weighted by molar-refractivity contribution is 0.481. The molecule has 2 aromatic rings. The van der Waals surface area contributed by atoms with Crippen molar-refractivity contribution in [3.63, 3.8) is 0 Å². The van der Waals surface area contributed by atoms with E-state index in [0.29, 0.717) is 28.3 Å². The van der Waals surface area contributed by atoms with Crippen LogP contribution in [0.15, 0.2) is 23.0 Å². The summed E-state index contributed by atoms with van der Waals surface area (Å²) in [6, 6.07) is 4.99. The number of rotatable bonds is 3. The van der Waals surface area contributed by atoms with E-state index in [2.05, 4.69) is 21.2 Å². The zero-order valence-corrected chi connectivity index (χ0v) is 11.5. The van der Waals surface area contributed by atoms with Crippen LogP contribution in [0.3, 0.4) is 0 Å². The summed E-state index contributed by atoms with van der Waals surface area (Å²) in [5.41, 5.74) is -0.0643. The Balaban J connectivity index is 2.36. The molecule has 19 heavy (non-hydrogen) atoms. The average Bonchev–Trinajstić information content (AvgIpc) is 2.36. The lowest BCUT2D eigenvalue weighted by Crippen LogP contribution is -2.37. The van der Waals surface area contributed by atoms with Gasteiger partial charge in [0.25, 0.3) is 5.56 Å². The van der Waals surface area contributed by atoms with Crippen molar-refractivity contribution >= 4 is 22.5 Å². The van der Waals surface area contributed by atoms with Crippen LogP contribution in [0.5, 0.6) is 0 Å². The summed E-state index contributed by atoms with van der Waals surface area (Å²) < 4.78 is 0. The maximum atomic E-state index is 11.9. The van der Waals surface area contributed by atoms with Crippen LogP contribution < -0.4 is 10.9 Å². The highest BCUT2D eigenvalue weighted by atomic mass is 35.5.